The van der Waals surface area contributed by atoms with Gasteiger partial charge in [-0.2, -0.15) is 0 Å². The molecule has 5 rings (SSSR count). The van der Waals surface area contributed by atoms with Gasteiger partial charge in [-0.05, 0) is 75.6 Å². The first-order valence-corrected chi connectivity index (χ1v) is 14.4. The summed E-state index contributed by atoms with van der Waals surface area (Å²) in [5, 5.41) is 6.34. The van der Waals surface area contributed by atoms with Gasteiger partial charge in [0.25, 0.3) is 5.91 Å². The molecule has 0 spiro atoms. The van der Waals surface area contributed by atoms with Gasteiger partial charge < -0.3 is 20.4 Å². The van der Waals surface area contributed by atoms with Crippen molar-refractivity contribution >= 4 is 23.3 Å². The van der Waals surface area contributed by atoms with Gasteiger partial charge in [0.05, 0.1) is 5.56 Å². The van der Waals surface area contributed by atoms with Crippen molar-refractivity contribution in [3.63, 3.8) is 0 Å². The van der Waals surface area contributed by atoms with Crippen molar-refractivity contribution in [1.82, 2.24) is 20.1 Å². The molecule has 3 fully saturated rings. The van der Waals surface area contributed by atoms with Crippen LogP contribution in [0.5, 0.6) is 0 Å². The van der Waals surface area contributed by atoms with Crippen molar-refractivity contribution in [3.8, 4) is 0 Å². The maximum Gasteiger partial charge on any atom is 0.257 e. The second-order valence-electron chi connectivity index (χ2n) is 11.2. The first kappa shape index (κ1) is 26.6. The Labute approximate surface area is 226 Å². The smallest absolute Gasteiger partial charge is 0.257 e. The van der Waals surface area contributed by atoms with E-state index in [0.29, 0.717) is 11.6 Å². The minimum Gasteiger partial charge on any atom is -0.354 e. The molecule has 0 unspecified atom stereocenters. The number of aromatic nitrogens is 1. The Balaban J connectivity index is 1.09. The summed E-state index contributed by atoms with van der Waals surface area (Å²) in [4.78, 5) is 37.1. The number of carbonyl (C=O) groups is 2. The highest BCUT2D eigenvalue weighted by Crippen LogP contribution is 2.23. The average Bonchev–Trinajstić information content (AvgIpc) is 2.95. The van der Waals surface area contributed by atoms with Crippen LogP contribution < -0.4 is 15.5 Å². The molecule has 204 valence electrons. The van der Waals surface area contributed by atoms with E-state index >= 15 is 0 Å². The zero-order valence-corrected chi connectivity index (χ0v) is 22.7. The Morgan fingerprint density at radius 2 is 1.68 bits per heavy atom. The Morgan fingerprint density at radius 3 is 2.39 bits per heavy atom. The third-order valence-corrected chi connectivity index (χ3v) is 8.34. The lowest BCUT2D eigenvalue weighted by atomic mass is 9.92. The van der Waals surface area contributed by atoms with Crippen LogP contribution in [0.3, 0.4) is 0 Å². The van der Waals surface area contributed by atoms with Gasteiger partial charge in [0, 0.05) is 56.6 Å². The largest absolute Gasteiger partial charge is 0.354 e. The number of nitrogens with zero attached hydrogens (tertiary/aromatic N) is 4. The Bertz CT molecular complexity index is 1070. The lowest BCUT2D eigenvalue weighted by molar-refractivity contribution is -0.127. The van der Waals surface area contributed by atoms with Gasteiger partial charge in [0.2, 0.25) is 5.91 Å². The number of amides is 2. The van der Waals surface area contributed by atoms with Crippen molar-refractivity contribution in [2.24, 2.45) is 5.92 Å². The zero-order valence-electron chi connectivity index (χ0n) is 22.7. The number of nitrogens with one attached hydrogen (secondary N) is 2. The minimum atomic E-state index is -0.149. The quantitative estimate of drug-likeness (QED) is 0.581. The van der Waals surface area contributed by atoms with Crippen LogP contribution in [0.1, 0.15) is 60.9 Å². The fraction of sp³-hybridized carbons (Fsp3) is 0.567. The van der Waals surface area contributed by atoms with E-state index in [9.17, 15) is 9.59 Å². The Morgan fingerprint density at radius 1 is 0.921 bits per heavy atom. The van der Waals surface area contributed by atoms with Gasteiger partial charge in [-0.3, -0.25) is 14.5 Å². The number of piperazine rings is 1. The molecule has 3 heterocycles. The molecule has 8 heteroatoms. The third-order valence-electron chi connectivity index (χ3n) is 8.34. The maximum absolute atomic E-state index is 12.9. The van der Waals surface area contributed by atoms with E-state index in [4.69, 9.17) is 0 Å². The molecule has 0 radical (unpaired) electrons. The van der Waals surface area contributed by atoms with Crippen molar-refractivity contribution < 1.29 is 9.59 Å². The Hall–Kier alpha value is -2.97. The summed E-state index contributed by atoms with van der Waals surface area (Å²) in [5.74, 6) is 1.17. The number of hydrogen-bond acceptors (Lipinski definition) is 6. The van der Waals surface area contributed by atoms with E-state index in [1.807, 2.05) is 30.3 Å². The van der Waals surface area contributed by atoms with Crippen molar-refractivity contribution in [3.05, 3.63) is 53.7 Å². The molecule has 2 aliphatic heterocycles. The van der Waals surface area contributed by atoms with Crippen molar-refractivity contribution in [2.45, 2.75) is 57.5 Å². The van der Waals surface area contributed by atoms with Crippen LogP contribution >= 0.6 is 0 Å². The second kappa shape index (κ2) is 12.7. The van der Waals surface area contributed by atoms with Gasteiger partial charge in [-0.1, -0.05) is 31.4 Å². The predicted molar refractivity (Wildman–Crippen MR) is 151 cm³/mol. The number of anilines is 2. The molecule has 1 aliphatic carbocycles. The highest BCUT2D eigenvalue weighted by Gasteiger charge is 2.27. The second-order valence-corrected chi connectivity index (χ2v) is 11.2. The molecule has 0 atom stereocenters. The highest BCUT2D eigenvalue weighted by molar-refractivity contribution is 6.04. The van der Waals surface area contributed by atoms with Crippen LogP contribution in [0.15, 0.2) is 42.6 Å². The minimum absolute atomic E-state index is 0.134. The summed E-state index contributed by atoms with van der Waals surface area (Å²) >= 11 is 0. The number of benzene rings is 1. The van der Waals surface area contributed by atoms with Crippen LogP contribution in [0.4, 0.5) is 11.5 Å². The summed E-state index contributed by atoms with van der Waals surface area (Å²) in [6, 6.07) is 12.2. The molecule has 0 bridgehead atoms. The lowest BCUT2D eigenvalue weighted by Crippen LogP contribution is -2.44. The molecule has 8 nitrogen and oxygen atoms in total. The molecule has 2 aromatic rings. The monoisotopic (exact) mass is 518 g/mol. The predicted octanol–water partition coefficient (Wildman–Crippen LogP) is 3.75. The molecular weight excluding hydrogens is 476 g/mol. The van der Waals surface area contributed by atoms with Crippen LogP contribution in [0.25, 0.3) is 0 Å². The first-order valence-electron chi connectivity index (χ1n) is 14.4. The number of likely N-dealkylation sites (tertiary alicyclic amines) is 1. The fourth-order valence-electron chi connectivity index (χ4n) is 5.87. The Kier molecular flexibility index (Phi) is 8.91. The van der Waals surface area contributed by atoms with E-state index in [2.05, 4.69) is 43.4 Å². The molecule has 1 aromatic carbocycles. The van der Waals surface area contributed by atoms with Gasteiger partial charge in [-0.25, -0.2) is 4.98 Å². The van der Waals surface area contributed by atoms with E-state index in [1.165, 1.54) is 19.3 Å². The molecule has 2 N–H and O–H groups in total. The number of pyridine rings is 1. The summed E-state index contributed by atoms with van der Waals surface area (Å²) in [5.41, 5.74) is 2.51. The lowest BCUT2D eigenvalue weighted by Gasteiger charge is -2.33. The molecule has 2 amide bonds. The van der Waals surface area contributed by atoms with Crippen LogP contribution in [-0.2, 0) is 11.3 Å². The van der Waals surface area contributed by atoms with E-state index < -0.39 is 0 Å². The maximum atomic E-state index is 12.9. The number of piperidine rings is 1. The van der Waals surface area contributed by atoms with Gasteiger partial charge in [0.1, 0.15) is 5.82 Å². The molecule has 38 heavy (non-hydrogen) atoms. The van der Waals surface area contributed by atoms with Crippen LogP contribution in [0.2, 0.25) is 0 Å². The summed E-state index contributed by atoms with van der Waals surface area (Å²) in [6.45, 7) is 6.61. The number of likely N-dealkylation sites (N-methyl/N-ethyl adjacent to an activating group) is 1. The number of carbonyl (C=O) groups excluding carboxylic acids is 2. The number of hydrogen-bond donors (Lipinski definition) is 2. The fourth-order valence-corrected chi connectivity index (χ4v) is 5.87. The zero-order chi connectivity index (χ0) is 26.3. The SMILES string of the molecule is CN1CCN(c2ccc(C(=O)Nc3cccc(CN4CCC(C(=O)NC5CCCCC5)CC4)c3)cn2)CC1. The molecular formula is C30H42N6O2. The summed E-state index contributed by atoms with van der Waals surface area (Å²) < 4.78 is 0. The number of rotatable bonds is 7. The molecule has 2 saturated heterocycles. The standard InChI is InChI=1S/C30H42N6O2/c1-34-16-18-36(19-17-34)28-11-10-25(21-31-28)30(38)33-27-9-5-6-23(20-27)22-35-14-12-24(13-15-35)29(37)32-26-7-3-2-4-8-26/h5-6,9-11,20-21,24,26H,2-4,7-8,12-19,22H2,1H3,(H,32,37)(H,33,38). The van der Waals surface area contributed by atoms with Gasteiger partial charge in [0.15, 0.2) is 0 Å². The van der Waals surface area contributed by atoms with E-state index in [1.54, 1.807) is 6.20 Å². The third kappa shape index (κ3) is 7.11. The van der Waals surface area contributed by atoms with E-state index in [-0.39, 0.29) is 17.7 Å². The van der Waals surface area contributed by atoms with Gasteiger partial charge >= 0.3 is 0 Å². The van der Waals surface area contributed by atoms with Crippen molar-refractivity contribution in [1.29, 1.82) is 0 Å². The highest BCUT2D eigenvalue weighted by atomic mass is 16.2. The van der Waals surface area contributed by atoms with E-state index in [0.717, 1.165) is 88.6 Å². The van der Waals surface area contributed by atoms with Crippen molar-refractivity contribution in [2.75, 3.05) is 56.5 Å². The summed E-state index contributed by atoms with van der Waals surface area (Å²) in [6.07, 6.45) is 9.54. The molecule has 3 aliphatic rings. The molecule has 1 aromatic heterocycles. The average molecular weight is 519 g/mol. The topological polar surface area (TPSA) is 80.8 Å². The summed E-state index contributed by atoms with van der Waals surface area (Å²) in [7, 11) is 2.13. The van der Waals surface area contributed by atoms with Crippen LogP contribution in [-0.4, -0.2) is 79.0 Å². The molecule has 1 saturated carbocycles. The van der Waals surface area contributed by atoms with Crippen LogP contribution in [0, 0.1) is 5.92 Å². The first-order chi connectivity index (χ1) is 18.5. The van der Waals surface area contributed by atoms with Gasteiger partial charge in [-0.15, -0.1) is 0 Å². The normalized spacial score (nSPS) is 20.3.